The van der Waals surface area contributed by atoms with Gasteiger partial charge in [0.25, 0.3) is 5.56 Å². The Hall–Kier alpha value is -2.28. The van der Waals surface area contributed by atoms with Gasteiger partial charge in [-0.15, -0.1) is 0 Å². The van der Waals surface area contributed by atoms with Crippen LogP contribution in [0.4, 0.5) is 5.69 Å². The van der Waals surface area contributed by atoms with Crippen LogP contribution in [0.2, 0.25) is 0 Å². The highest BCUT2D eigenvalue weighted by molar-refractivity contribution is 7.99. The van der Waals surface area contributed by atoms with Crippen molar-refractivity contribution >= 4 is 23.4 Å². The van der Waals surface area contributed by atoms with E-state index in [0.717, 1.165) is 22.9 Å². The van der Waals surface area contributed by atoms with Crippen LogP contribution in [0.3, 0.4) is 0 Å². The molecule has 0 saturated carbocycles. The number of H-pyrrole nitrogens is 1. The molecule has 7 heteroatoms. The summed E-state index contributed by atoms with van der Waals surface area (Å²) < 4.78 is 0. The van der Waals surface area contributed by atoms with E-state index in [1.54, 1.807) is 0 Å². The van der Waals surface area contributed by atoms with Gasteiger partial charge in [0.1, 0.15) is 0 Å². The van der Waals surface area contributed by atoms with Crippen molar-refractivity contribution in [3.8, 4) is 5.88 Å². The number of carbonyl (C=O) groups excluding carboxylic acids is 1. The Bertz CT molecular complexity index is 743. The number of aryl methyl sites for hydroxylation is 2. The largest absolute Gasteiger partial charge is 0.493 e. The van der Waals surface area contributed by atoms with E-state index in [9.17, 15) is 14.7 Å². The first-order valence-corrected chi connectivity index (χ1v) is 7.73. The molecule has 1 aromatic heterocycles. The molecule has 0 bridgehead atoms. The zero-order chi connectivity index (χ0) is 16.1. The molecule has 0 radical (unpaired) electrons. The number of hydrogen-bond donors (Lipinski definition) is 3. The summed E-state index contributed by atoms with van der Waals surface area (Å²) in [6, 6.07) is 6.87. The lowest BCUT2D eigenvalue weighted by Gasteiger charge is -2.09. The molecule has 22 heavy (non-hydrogen) atoms. The van der Waals surface area contributed by atoms with Gasteiger partial charge in [-0.2, -0.15) is 4.98 Å². The Morgan fingerprint density at radius 3 is 2.86 bits per heavy atom. The number of rotatable bonds is 5. The highest BCUT2D eigenvalue weighted by Gasteiger charge is 2.07. The fourth-order valence-electron chi connectivity index (χ4n) is 1.81. The van der Waals surface area contributed by atoms with Gasteiger partial charge in [-0.05, 0) is 31.0 Å². The molecule has 0 aliphatic rings. The van der Waals surface area contributed by atoms with Crippen LogP contribution in [0.1, 0.15) is 17.5 Å². The SMILES string of the molecule is Cc1ccc(C)c(NC(=O)CCSc2nc(O)cc(=O)[nH]2)c1. The van der Waals surface area contributed by atoms with Crippen molar-refractivity contribution in [1.82, 2.24) is 9.97 Å². The van der Waals surface area contributed by atoms with Gasteiger partial charge < -0.3 is 15.4 Å². The fraction of sp³-hybridized carbons (Fsp3) is 0.267. The quantitative estimate of drug-likeness (QED) is 0.580. The first kappa shape index (κ1) is 16.1. The molecule has 0 fully saturated rings. The fourth-order valence-corrected chi connectivity index (χ4v) is 2.63. The van der Waals surface area contributed by atoms with E-state index < -0.39 is 5.56 Å². The van der Waals surface area contributed by atoms with E-state index in [2.05, 4.69) is 15.3 Å². The van der Waals surface area contributed by atoms with Gasteiger partial charge in [0.15, 0.2) is 5.16 Å². The summed E-state index contributed by atoms with van der Waals surface area (Å²) in [4.78, 5) is 29.4. The summed E-state index contributed by atoms with van der Waals surface area (Å²) in [5, 5.41) is 12.4. The lowest BCUT2D eigenvalue weighted by molar-refractivity contribution is -0.115. The zero-order valence-electron chi connectivity index (χ0n) is 12.3. The number of anilines is 1. The van der Waals surface area contributed by atoms with E-state index in [-0.39, 0.29) is 18.2 Å². The third-order valence-corrected chi connectivity index (χ3v) is 3.82. The first-order valence-electron chi connectivity index (χ1n) is 6.74. The Balaban J connectivity index is 1.88. The highest BCUT2D eigenvalue weighted by Crippen LogP contribution is 2.18. The Morgan fingerprint density at radius 1 is 1.36 bits per heavy atom. The summed E-state index contributed by atoms with van der Waals surface area (Å²) in [5.41, 5.74) is 2.47. The zero-order valence-corrected chi connectivity index (χ0v) is 13.2. The minimum Gasteiger partial charge on any atom is -0.493 e. The van der Waals surface area contributed by atoms with Gasteiger partial charge in [0.05, 0.1) is 6.07 Å². The van der Waals surface area contributed by atoms with E-state index >= 15 is 0 Å². The summed E-state index contributed by atoms with van der Waals surface area (Å²) in [6.45, 7) is 3.90. The number of aromatic amines is 1. The minimum absolute atomic E-state index is 0.108. The highest BCUT2D eigenvalue weighted by atomic mass is 32.2. The maximum atomic E-state index is 11.9. The van der Waals surface area contributed by atoms with E-state index in [1.165, 1.54) is 11.8 Å². The summed E-state index contributed by atoms with van der Waals surface area (Å²) >= 11 is 1.21. The maximum absolute atomic E-state index is 11.9. The van der Waals surface area contributed by atoms with E-state index in [1.807, 2.05) is 32.0 Å². The molecule has 0 atom stereocenters. The van der Waals surface area contributed by atoms with Gasteiger partial charge in [0.2, 0.25) is 11.8 Å². The average molecular weight is 319 g/mol. The van der Waals surface area contributed by atoms with Crippen LogP contribution in [0.15, 0.2) is 34.2 Å². The molecule has 0 saturated heterocycles. The topological polar surface area (TPSA) is 95.1 Å². The molecular formula is C15H17N3O3S. The number of carbonyl (C=O) groups is 1. The number of aromatic nitrogens is 2. The number of hydrogen-bond acceptors (Lipinski definition) is 5. The van der Waals surface area contributed by atoms with Gasteiger partial charge in [-0.25, -0.2) is 0 Å². The van der Waals surface area contributed by atoms with Crippen molar-refractivity contribution in [2.24, 2.45) is 0 Å². The first-order chi connectivity index (χ1) is 10.4. The number of thioether (sulfide) groups is 1. The van der Waals surface area contributed by atoms with E-state index in [0.29, 0.717) is 10.9 Å². The predicted molar refractivity (Wildman–Crippen MR) is 86.4 cm³/mol. The molecule has 2 aromatic rings. The van der Waals surface area contributed by atoms with Gasteiger partial charge in [-0.3, -0.25) is 9.59 Å². The maximum Gasteiger partial charge on any atom is 0.255 e. The summed E-state index contributed by atoms with van der Waals surface area (Å²) in [6.07, 6.45) is 0.275. The molecule has 0 aliphatic carbocycles. The molecule has 1 aromatic carbocycles. The predicted octanol–water partition coefficient (Wildman–Crippen LogP) is 2.21. The standard InChI is InChI=1S/C15H17N3O3S/c1-9-3-4-10(2)11(7-9)16-12(19)5-6-22-15-17-13(20)8-14(21)18-15/h3-4,7-8H,5-6H2,1-2H3,(H,16,19)(H2,17,18,20,21). The van der Waals surface area contributed by atoms with Crippen molar-refractivity contribution in [3.05, 3.63) is 45.7 Å². The molecule has 0 aliphatic heterocycles. The van der Waals surface area contributed by atoms with Crippen LogP contribution in [0.5, 0.6) is 5.88 Å². The molecule has 116 valence electrons. The normalized spacial score (nSPS) is 10.5. The van der Waals surface area contributed by atoms with Crippen LogP contribution >= 0.6 is 11.8 Å². The van der Waals surface area contributed by atoms with Crippen molar-refractivity contribution in [1.29, 1.82) is 0 Å². The third-order valence-electron chi connectivity index (χ3n) is 2.94. The number of aromatic hydroxyl groups is 1. The average Bonchev–Trinajstić information content (AvgIpc) is 2.42. The van der Waals surface area contributed by atoms with Gasteiger partial charge in [-0.1, -0.05) is 23.9 Å². The molecule has 3 N–H and O–H groups in total. The lowest BCUT2D eigenvalue weighted by atomic mass is 10.1. The Labute approximate surface area is 132 Å². The van der Waals surface area contributed by atoms with Crippen LogP contribution < -0.4 is 10.9 Å². The second-order valence-electron chi connectivity index (χ2n) is 4.87. The minimum atomic E-state index is -0.421. The molecule has 0 spiro atoms. The molecule has 6 nitrogen and oxygen atoms in total. The second-order valence-corrected chi connectivity index (χ2v) is 5.96. The number of nitrogens with zero attached hydrogens (tertiary/aromatic N) is 1. The number of amides is 1. The van der Waals surface area contributed by atoms with E-state index in [4.69, 9.17) is 0 Å². The van der Waals surface area contributed by atoms with Crippen LogP contribution in [0, 0.1) is 13.8 Å². The summed E-state index contributed by atoms with van der Waals surface area (Å²) in [5.74, 6) is 0.0121. The van der Waals surface area contributed by atoms with Crippen molar-refractivity contribution in [2.45, 2.75) is 25.4 Å². The van der Waals surface area contributed by atoms with Crippen LogP contribution in [-0.4, -0.2) is 26.7 Å². The number of benzene rings is 1. The molecule has 0 unspecified atom stereocenters. The molecule has 2 rings (SSSR count). The van der Waals surface area contributed by atoms with Gasteiger partial charge in [0, 0.05) is 17.9 Å². The summed E-state index contributed by atoms with van der Waals surface area (Å²) in [7, 11) is 0. The monoisotopic (exact) mass is 319 g/mol. The number of nitrogens with one attached hydrogen (secondary N) is 2. The van der Waals surface area contributed by atoms with Crippen LogP contribution in [-0.2, 0) is 4.79 Å². The second kappa shape index (κ2) is 7.13. The van der Waals surface area contributed by atoms with Gasteiger partial charge >= 0.3 is 0 Å². The lowest BCUT2D eigenvalue weighted by Crippen LogP contribution is -2.13. The Kier molecular flexibility index (Phi) is 5.21. The van der Waals surface area contributed by atoms with Crippen molar-refractivity contribution in [3.63, 3.8) is 0 Å². The van der Waals surface area contributed by atoms with Crippen molar-refractivity contribution < 1.29 is 9.90 Å². The molecule has 1 heterocycles. The molecular weight excluding hydrogens is 302 g/mol. The third kappa shape index (κ3) is 4.63. The molecule has 1 amide bonds. The van der Waals surface area contributed by atoms with Crippen LogP contribution in [0.25, 0.3) is 0 Å². The van der Waals surface area contributed by atoms with Crippen molar-refractivity contribution in [2.75, 3.05) is 11.1 Å². The Morgan fingerprint density at radius 2 is 2.14 bits per heavy atom. The smallest absolute Gasteiger partial charge is 0.255 e.